The number of rotatable bonds is 5. The second-order valence-electron chi connectivity index (χ2n) is 14.1. The summed E-state index contributed by atoms with van der Waals surface area (Å²) in [5.41, 5.74) is 13.8. The third-order valence-electron chi connectivity index (χ3n) is 10.8. The summed E-state index contributed by atoms with van der Waals surface area (Å²) < 4.78 is 9.18. The van der Waals surface area contributed by atoms with E-state index in [4.69, 9.17) is 4.42 Å². The van der Waals surface area contributed by atoms with Crippen LogP contribution in [-0.4, -0.2) is 0 Å². The molecule has 0 atom stereocenters. The van der Waals surface area contributed by atoms with Crippen LogP contribution in [0, 0.1) is 0 Å². The minimum Gasteiger partial charge on any atom is -0.455 e. The highest BCUT2D eigenvalue weighted by atomic mass is 32.1. The topological polar surface area (TPSA) is 13.1 Å². The van der Waals surface area contributed by atoms with Gasteiger partial charge in [-0.15, -0.1) is 11.3 Å². The van der Waals surface area contributed by atoms with Crippen LogP contribution in [0.5, 0.6) is 0 Å². The van der Waals surface area contributed by atoms with Crippen LogP contribution in [0.2, 0.25) is 0 Å². The lowest BCUT2D eigenvalue weighted by molar-refractivity contribution is 0.673. The molecule has 252 valence electrons. The molecule has 2 aromatic heterocycles. The zero-order valence-electron chi connectivity index (χ0n) is 29.3. The molecule has 0 bridgehead atoms. The Hall–Kier alpha value is -6.74. The van der Waals surface area contributed by atoms with Crippen molar-refractivity contribution in [3.8, 4) is 55.6 Å². The van der Waals surface area contributed by atoms with E-state index in [1.54, 1.807) is 0 Å². The first-order valence-electron chi connectivity index (χ1n) is 18.4. The van der Waals surface area contributed by atoms with Gasteiger partial charge in [0, 0.05) is 36.5 Å². The van der Waals surface area contributed by atoms with E-state index in [9.17, 15) is 0 Å². The van der Waals surface area contributed by atoms with E-state index in [0.717, 1.165) is 21.9 Å². The standard InChI is InChI=1S/C52H32OS/c1-3-14-33(15-4-1)36-26-37(34-16-5-2-6-17-34)28-38(27-36)39-29-40(43-23-13-19-35-18-7-8-20-42(35)43)31-41(30-39)46-32-47-44-21-9-11-24-48(44)53-51(47)50-45-22-10-12-25-49(45)54-52(46)50/h1-32H. The average Bonchev–Trinajstić information content (AvgIpc) is 3.82. The quantitative estimate of drug-likeness (QED) is 0.174. The van der Waals surface area contributed by atoms with Gasteiger partial charge in [0.15, 0.2) is 0 Å². The van der Waals surface area contributed by atoms with Gasteiger partial charge in [0.2, 0.25) is 0 Å². The smallest absolute Gasteiger partial charge is 0.144 e. The molecule has 0 amide bonds. The molecule has 0 aliphatic carbocycles. The molecule has 0 spiro atoms. The van der Waals surface area contributed by atoms with Crippen LogP contribution in [-0.2, 0) is 0 Å². The maximum absolute atomic E-state index is 6.67. The van der Waals surface area contributed by atoms with E-state index in [1.165, 1.54) is 86.6 Å². The summed E-state index contributed by atoms with van der Waals surface area (Å²) in [5, 5.41) is 7.18. The van der Waals surface area contributed by atoms with E-state index in [-0.39, 0.29) is 0 Å². The van der Waals surface area contributed by atoms with E-state index in [2.05, 4.69) is 194 Å². The fourth-order valence-corrected chi connectivity index (χ4v) is 9.49. The number of furan rings is 1. The molecule has 2 heterocycles. The van der Waals surface area contributed by atoms with Gasteiger partial charge in [-0.05, 0) is 115 Å². The number of fused-ring (bicyclic) bond motifs is 8. The van der Waals surface area contributed by atoms with Crippen molar-refractivity contribution in [2.24, 2.45) is 0 Å². The zero-order chi connectivity index (χ0) is 35.6. The Bertz CT molecular complexity index is 3140. The van der Waals surface area contributed by atoms with Gasteiger partial charge < -0.3 is 4.42 Å². The van der Waals surface area contributed by atoms with E-state index < -0.39 is 0 Å². The highest BCUT2D eigenvalue weighted by Crippen LogP contribution is 2.48. The molecule has 9 aromatic carbocycles. The molecule has 0 fully saturated rings. The van der Waals surface area contributed by atoms with Gasteiger partial charge in [0.25, 0.3) is 0 Å². The number of benzene rings is 9. The monoisotopic (exact) mass is 704 g/mol. The van der Waals surface area contributed by atoms with Crippen molar-refractivity contribution in [2.45, 2.75) is 0 Å². The van der Waals surface area contributed by atoms with Crippen LogP contribution in [0.3, 0.4) is 0 Å². The molecular formula is C52H32OS. The molecule has 0 radical (unpaired) electrons. The van der Waals surface area contributed by atoms with E-state index >= 15 is 0 Å². The molecular weight excluding hydrogens is 673 g/mol. The Kier molecular flexibility index (Phi) is 7.11. The van der Waals surface area contributed by atoms with E-state index in [0.29, 0.717) is 0 Å². The predicted molar refractivity (Wildman–Crippen MR) is 231 cm³/mol. The Morgan fingerprint density at radius 3 is 1.57 bits per heavy atom. The van der Waals surface area contributed by atoms with Crippen LogP contribution in [0.25, 0.3) is 109 Å². The molecule has 0 aliphatic rings. The second kappa shape index (κ2) is 12.4. The van der Waals surface area contributed by atoms with Crippen molar-refractivity contribution in [2.75, 3.05) is 0 Å². The summed E-state index contributed by atoms with van der Waals surface area (Å²) in [6.45, 7) is 0. The molecule has 0 saturated carbocycles. The Labute approximate surface area is 317 Å². The summed E-state index contributed by atoms with van der Waals surface area (Å²) in [6.07, 6.45) is 0. The van der Waals surface area contributed by atoms with Gasteiger partial charge in [0.05, 0.1) is 0 Å². The largest absolute Gasteiger partial charge is 0.455 e. The molecule has 54 heavy (non-hydrogen) atoms. The van der Waals surface area contributed by atoms with Gasteiger partial charge in [0.1, 0.15) is 11.2 Å². The van der Waals surface area contributed by atoms with Crippen molar-refractivity contribution in [3.63, 3.8) is 0 Å². The highest BCUT2D eigenvalue weighted by Gasteiger charge is 2.21. The first-order chi connectivity index (χ1) is 26.7. The lowest BCUT2D eigenvalue weighted by atomic mass is 9.88. The maximum atomic E-state index is 6.67. The molecule has 1 nitrogen and oxygen atoms in total. The van der Waals surface area contributed by atoms with Crippen LogP contribution >= 0.6 is 11.3 Å². The fourth-order valence-electron chi connectivity index (χ4n) is 8.25. The first-order valence-corrected chi connectivity index (χ1v) is 19.2. The second-order valence-corrected chi connectivity index (χ2v) is 15.1. The summed E-state index contributed by atoms with van der Waals surface area (Å²) in [4.78, 5) is 0. The minimum atomic E-state index is 0.914. The Morgan fingerprint density at radius 2 is 0.852 bits per heavy atom. The van der Waals surface area contributed by atoms with Gasteiger partial charge in [-0.25, -0.2) is 0 Å². The zero-order valence-corrected chi connectivity index (χ0v) is 30.1. The molecule has 0 unspecified atom stereocenters. The molecule has 2 heteroatoms. The third kappa shape index (κ3) is 5.07. The number of para-hydroxylation sites is 1. The van der Waals surface area contributed by atoms with Crippen LogP contribution < -0.4 is 0 Å². The number of hydrogen-bond donors (Lipinski definition) is 0. The first kappa shape index (κ1) is 30.8. The van der Waals surface area contributed by atoms with Gasteiger partial charge in [-0.3, -0.25) is 0 Å². The van der Waals surface area contributed by atoms with Crippen molar-refractivity contribution >= 4 is 64.2 Å². The van der Waals surface area contributed by atoms with Crippen molar-refractivity contribution < 1.29 is 4.42 Å². The minimum absolute atomic E-state index is 0.914. The van der Waals surface area contributed by atoms with Gasteiger partial charge in [-0.1, -0.05) is 140 Å². The van der Waals surface area contributed by atoms with Crippen LogP contribution in [0.15, 0.2) is 199 Å². The summed E-state index contributed by atoms with van der Waals surface area (Å²) in [5.74, 6) is 0. The van der Waals surface area contributed by atoms with Gasteiger partial charge in [-0.2, -0.15) is 0 Å². The average molecular weight is 705 g/mol. The number of hydrogen-bond acceptors (Lipinski definition) is 2. The maximum Gasteiger partial charge on any atom is 0.144 e. The molecule has 0 saturated heterocycles. The summed E-state index contributed by atoms with van der Waals surface area (Å²) >= 11 is 1.85. The van der Waals surface area contributed by atoms with Crippen molar-refractivity contribution in [1.29, 1.82) is 0 Å². The summed E-state index contributed by atoms with van der Waals surface area (Å²) in [7, 11) is 0. The van der Waals surface area contributed by atoms with Crippen LogP contribution in [0.1, 0.15) is 0 Å². The van der Waals surface area contributed by atoms with Crippen molar-refractivity contribution in [3.05, 3.63) is 194 Å². The lowest BCUT2D eigenvalue weighted by Crippen LogP contribution is -1.90. The Morgan fingerprint density at radius 1 is 0.333 bits per heavy atom. The van der Waals surface area contributed by atoms with Gasteiger partial charge >= 0.3 is 0 Å². The number of thiophene rings is 1. The molecule has 0 aliphatic heterocycles. The molecule has 11 rings (SSSR count). The van der Waals surface area contributed by atoms with E-state index in [1.807, 2.05) is 11.3 Å². The highest BCUT2D eigenvalue weighted by molar-refractivity contribution is 7.26. The SMILES string of the molecule is c1ccc(-c2cc(-c3ccccc3)cc(-c3cc(-c4cccc5ccccc45)cc(-c4cc5c6ccccc6oc5c5c4sc4ccccc45)c3)c2)cc1. The third-order valence-corrected chi connectivity index (χ3v) is 12.0. The summed E-state index contributed by atoms with van der Waals surface area (Å²) in [6, 6.07) is 70.6. The van der Waals surface area contributed by atoms with Crippen LogP contribution in [0.4, 0.5) is 0 Å². The molecule has 11 aromatic rings. The fraction of sp³-hybridized carbons (Fsp3) is 0. The predicted octanol–water partition coefficient (Wildman–Crippen LogP) is 15.4. The molecule has 0 N–H and O–H groups in total. The van der Waals surface area contributed by atoms with Crippen molar-refractivity contribution in [1.82, 2.24) is 0 Å². The lowest BCUT2D eigenvalue weighted by Gasteiger charge is -2.16. The normalized spacial score (nSPS) is 11.7. The Balaban J connectivity index is 1.24.